The van der Waals surface area contributed by atoms with Crippen molar-refractivity contribution in [1.29, 1.82) is 0 Å². The molecule has 0 saturated heterocycles. The van der Waals surface area contributed by atoms with Crippen LogP contribution in [0, 0.1) is 5.41 Å². The Morgan fingerprint density at radius 3 is 2.29 bits per heavy atom. The highest BCUT2D eigenvalue weighted by molar-refractivity contribution is 7.25. The van der Waals surface area contributed by atoms with Gasteiger partial charge in [-0.1, -0.05) is 122 Å². The number of thiophene rings is 1. The number of nitrogens with zero attached hydrogens (tertiary/aromatic N) is 2. The number of allylic oxidation sites excluding steroid dienone is 5. The van der Waals surface area contributed by atoms with E-state index in [-0.39, 0.29) is 5.41 Å². The summed E-state index contributed by atoms with van der Waals surface area (Å²) in [6.45, 7) is 2.36. The van der Waals surface area contributed by atoms with Gasteiger partial charge in [0.2, 0.25) is 0 Å². The average molecular weight is 683 g/mol. The molecule has 1 atom stereocenters. The number of benzene rings is 7. The normalized spacial score (nSPS) is 16.5. The van der Waals surface area contributed by atoms with Crippen molar-refractivity contribution < 1.29 is 0 Å². The third-order valence-corrected chi connectivity index (χ3v) is 12.5. The van der Waals surface area contributed by atoms with Gasteiger partial charge in [-0.3, -0.25) is 0 Å². The SMILES string of the molecule is CC12C=Cc3c(ccc4cc(N(c5ccc6c(c5)sc5ccccc56)c5cccc6c5c5ccccc5n6-c5ccccc5)ccc34)C1=CC=CC2. The molecule has 9 aromatic rings. The maximum Gasteiger partial charge on any atom is 0.0562 e. The second-order valence-corrected chi connectivity index (χ2v) is 15.5. The van der Waals surface area contributed by atoms with E-state index in [1.807, 2.05) is 11.3 Å². The van der Waals surface area contributed by atoms with Crippen LogP contribution in [-0.4, -0.2) is 4.57 Å². The lowest BCUT2D eigenvalue weighted by Crippen LogP contribution is -2.20. The van der Waals surface area contributed by atoms with Crippen molar-refractivity contribution in [1.82, 2.24) is 4.57 Å². The van der Waals surface area contributed by atoms with Crippen LogP contribution >= 0.6 is 11.3 Å². The van der Waals surface area contributed by atoms with Crippen LogP contribution in [0.1, 0.15) is 24.5 Å². The number of para-hydroxylation sites is 2. The van der Waals surface area contributed by atoms with Gasteiger partial charge in [0, 0.05) is 53.4 Å². The van der Waals surface area contributed by atoms with Crippen molar-refractivity contribution in [2.75, 3.05) is 4.90 Å². The van der Waals surface area contributed by atoms with Gasteiger partial charge >= 0.3 is 0 Å². The van der Waals surface area contributed by atoms with Crippen LogP contribution in [0.2, 0.25) is 0 Å². The molecule has 1 unspecified atom stereocenters. The first-order valence-electron chi connectivity index (χ1n) is 18.1. The van der Waals surface area contributed by atoms with Gasteiger partial charge in [0.05, 0.1) is 16.7 Å². The summed E-state index contributed by atoms with van der Waals surface area (Å²) >= 11 is 1.87. The number of hydrogen-bond acceptors (Lipinski definition) is 2. The maximum absolute atomic E-state index is 2.48. The number of hydrogen-bond donors (Lipinski definition) is 0. The second-order valence-electron chi connectivity index (χ2n) is 14.4. The first kappa shape index (κ1) is 29.6. The topological polar surface area (TPSA) is 8.17 Å². The Hall–Kier alpha value is -6.16. The van der Waals surface area contributed by atoms with E-state index in [1.54, 1.807) is 0 Å². The Morgan fingerprint density at radius 1 is 0.635 bits per heavy atom. The maximum atomic E-state index is 2.48. The van der Waals surface area contributed by atoms with Crippen LogP contribution in [0.25, 0.3) is 70.1 Å². The molecule has 0 radical (unpaired) electrons. The molecule has 0 aliphatic heterocycles. The summed E-state index contributed by atoms with van der Waals surface area (Å²) in [5.41, 5.74) is 11.1. The highest BCUT2D eigenvalue weighted by Crippen LogP contribution is 2.50. The molecule has 11 rings (SSSR count). The zero-order chi connectivity index (χ0) is 34.4. The molecule has 0 fully saturated rings. The van der Waals surface area contributed by atoms with E-state index >= 15 is 0 Å². The highest BCUT2D eigenvalue weighted by atomic mass is 32.1. The van der Waals surface area contributed by atoms with Gasteiger partial charge in [-0.25, -0.2) is 0 Å². The van der Waals surface area contributed by atoms with Crippen molar-refractivity contribution in [3.8, 4) is 5.69 Å². The molecular weight excluding hydrogens is 649 g/mol. The molecule has 3 heteroatoms. The van der Waals surface area contributed by atoms with Gasteiger partial charge in [-0.15, -0.1) is 11.3 Å². The van der Waals surface area contributed by atoms with E-state index in [2.05, 4.69) is 192 Å². The predicted octanol–water partition coefficient (Wildman–Crippen LogP) is 14.2. The second kappa shape index (κ2) is 11.2. The summed E-state index contributed by atoms with van der Waals surface area (Å²) in [6.07, 6.45) is 12.6. The fourth-order valence-electron chi connectivity index (χ4n) is 8.82. The molecule has 52 heavy (non-hydrogen) atoms. The minimum absolute atomic E-state index is 0.0506. The van der Waals surface area contributed by atoms with Gasteiger partial charge in [0.15, 0.2) is 0 Å². The molecule has 2 aliphatic rings. The molecule has 2 aromatic heterocycles. The van der Waals surface area contributed by atoms with E-state index in [4.69, 9.17) is 0 Å². The van der Waals surface area contributed by atoms with Crippen molar-refractivity contribution in [3.05, 3.63) is 181 Å². The quantitative estimate of drug-likeness (QED) is 0.179. The summed E-state index contributed by atoms with van der Waals surface area (Å²) in [5.74, 6) is 0. The molecule has 2 nitrogen and oxygen atoms in total. The molecule has 7 aromatic carbocycles. The molecule has 0 N–H and O–H groups in total. The Morgan fingerprint density at radius 2 is 1.38 bits per heavy atom. The van der Waals surface area contributed by atoms with Gasteiger partial charge in [-0.2, -0.15) is 0 Å². The van der Waals surface area contributed by atoms with Crippen LogP contribution in [0.4, 0.5) is 17.1 Å². The molecule has 0 bridgehead atoms. The molecule has 2 aliphatic carbocycles. The largest absolute Gasteiger partial charge is 0.310 e. The predicted molar refractivity (Wildman–Crippen MR) is 225 cm³/mol. The standard InChI is InChI=1S/C49H34N2S/c1-49-28-10-9-16-42(49)38-24-21-32-30-34(22-25-36(32)37(38)27-29-49)50(35-23-26-40-39-14-6-8-20-46(39)52-47(40)31-35)44-18-11-19-45-48(44)41-15-5-7-17-43(41)51(45)33-12-3-2-4-13-33/h2-27,29-31H,28H2,1H3. The summed E-state index contributed by atoms with van der Waals surface area (Å²) in [4.78, 5) is 2.48. The average Bonchev–Trinajstić information content (AvgIpc) is 3.74. The number of aromatic nitrogens is 1. The van der Waals surface area contributed by atoms with Crippen molar-refractivity contribution in [2.45, 2.75) is 13.3 Å². The Balaban J connectivity index is 1.17. The van der Waals surface area contributed by atoms with Gasteiger partial charge < -0.3 is 9.47 Å². The Kier molecular flexibility index (Phi) is 6.35. The molecule has 246 valence electrons. The smallest absolute Gasteiger partial charge is 0.0562 e. The van der Waals surface area contributed by atoms with E-state index in [0.717, 1.165) is 29.2 Å². The summed E-state index contributed by atoms with van der Waals surface area (Å²) in [7, 11) is 0. The number of fused-ring (bicyclic) bond motifs is 11. The third kappa shape index (κ3) is 4.30. The number of anilines is 3. The zero-order valence-corrected chi connectivity index (χ0v) is 29.6. The minimum Gasteiger partial charge on any atom is -0.310 e. The summed E-state index contributed by atoms with van der Waals surface area (Å²) < 4.78 is 5.02. The van der Waals surface area contributed by atoms with Gasteiger partial charge in [-0.05, 0) is 94.6 Å². The van der Waals surface area contributed by atoms with Crippen molar-refractivity contribution in [3.63, 3.8) is 0 Å². The van der Waals surface area contributed by atoms with Crippen molar-refractivity contribution in [2.24, 2.45) is 5.41 Å². The van der Waals surface area contributed by atoms with Crippen LogP contribution in [0.5, 0.6) is 0 Å². The van der Waals surface area contributed by atoms with Crippen LogP contribution in [0.15, 0.2) is 170 Å². The van der Waals surface area contributed by atoms with E-state index in [1.165, 1.54) is 69.5 Å². The molecule has 0 amide bonds. The zero-order valence-electron chi connectivity index (χ0n) is 28.8. The monoisotopic (exact) mass is 682 g/mol. The summed E-state index contributed by atoms with van der Waals surface area (Å²) in [5, 5.41) is 7.62. The lowest BCUT2D eigenvalue weighted by Gasteiger charge is -2.35. The van der Waals surface area contributed by atoms with Gasteiger partial charge in [0.25, 0.3) is 0 Å². The van der Waals surface area contributed by atoms with Crippen LogP contribution in [0.3, 0.4) is 0 Å². The van der Waals surface area contributed by atoms with E-state index < -0.39 is 0 Å². The first-order chi connectivity index (χ1) is 25.6. The third-order valence-electron chi connectivity index (χ3n) is 11.3. The fraction of sp³-hybridized carbons (Fsp3) is 0.0612. The first-order valence-corrected chi connectivity index (χ1v) is 18.9. The molecule has 2 heterocycles. The van der Waals surface area contributed by atoms with Crippen LogP contribution in [-0.2, 0) is 0 Å². The Labute approximate surface area is 306 Å². The van der Waals surface area contributed by atoms with Crippen molar-refractivity contribution >= 4 is 92.8 Å². The highest BCUT2D eigenvalue weighted by Gasteiger charge is 2.32. The fourth-order valence-corrected chi connectivity index (χ4v) is 9.96. The molecule has 0 saturated carbocycles. The molecular formula is C49H34N2S. The minimum atomic E-state index is 0.0506. The lowest BCUT2D eigenvalue weighted by molar-refractivity contribution is 0.578. The Bertz CT molecular complexity index is 3010. The van der Waals surface area contributed by atoms with E-state index in [0.29, 0.717) is 0 Å². The van der Waals surface area contributed by atoms with E-state index in [9.17, 15) is 0 Å². The van der Waals surface area contributed by atoms with Gasteiger partial charge in [0.1, 0.15) is 0 Å². The number of rotatable bonds is 4. The summed E-state index contributed by atoms with van der Waals surface area (Å²) in [6, 6.07) is 53.8. The molecule has 0 spiro atoms. The van der Waals surface area contributed by atoms with Crippen LogP contribution < -0.4 is 4.90 Å². The lowest BCUT2D eigenvalue weighted by atomic mass is 9.69.